The molecule has 0 aliphatic rings. The van der Waals surface area contributed by atoms with E-state index < -0.39 is 11.5 Å². The van der Waals surface area contributed by atoms with E-state index >= 15 is 0 Å². The third-order valence-electron chi connectivity index (χ3n) is 4.53. The predicted octanol–water partition coefficient (Wildman–Crippen LogP) is 0.133. The summed E-state index contributed by atoms with van der Waals surface area (Å²) in [7, 11) is 10.4. The Morgan fingerprint density at radius 1 is 0.786 bits per heavy atom. The van der Waals surface area contributed by atoms with E-state index in [9.17, 15) is 9.90 Å². The SMILES string of the molecule is BC(B)(/C=C\CCCCC)/C=C\C(B)(B)/C=C\C(B)(O)/C=C\CCCC(=O)O. The molecule has 2 N–H and O–H groups in total. The molecule has 0 bridgehead atoms. The lowest BCUT2D eigenvalue weighted by atomic mass is 9.50. The molecule has 0 aromatic heterocycles. The largest absolute Gasteiger partial charge is 0.481 e. The van der Waals surface area contributed by atoms with Gasteiger partial charge in [0.2, 0.25) is 0 Å². The summed E-state index contributed by atoms with van der Waals surface area (Å²) in [5, 5.41) is 18.9. The van der Waals surface area contributed by atoms with Gasteiger partial charge >= 0.3 is 5.97 Å². The number of carboxylic acid groups (broad SMARTS) is 1. The lowest BCUT2D eigenvalue weighted by molar-refractivity contribution is -0.137. The maximum absolute atomic E-state index is 10.5. The lowest BCUT2D eigenvalue weighted by Gasteiger charge is -2.22. The van der Waals surface area contributed by atoms with E-state index in [0.29, 0.717) is 12.8 Å². The van der Waals surface area contributed by atoms with Gasteiger partial charge < -0.3 is 10.2 Å². The van der Waals surface area contributed by atoms with Gasteiger partial charge in [-0.25, -0.2) is 0 Å². The van der Waals surface area contributed by atoms with Crippen LogP contribution in [0.4, 0.5) is 0 Å². The van der Waals surface area contributed by atoms with E-state index in [1.807, 2.05) is 12.2 Å². The third kappa shape index (κ3) is 15.7. The molecular formula is C20H37B5O3. The molecule has 0 spiro atoms. The summed E-state index contributed by atoms with van der Waals surface area (Å²) in [4.78, 5) is 10.5. The second-order valence-corrected chi connectivity index (χ2v) is 9.12. The maximum atomic E-state index is 10.5. The van der Waals surface area contributed by atoms with Crippen LogP contribution in [0.3, 0.4) is 0 Å². The van der Waals surface area contributed by atoms with Gasteiger partial charge in [0.25, 0.3) is 0 Å². The molecule has 0 heterocycles. The number of carbonyl (C=O) groups is 1. The second-order valence-electron chi connectivity index (χ2n) is 9.12. The molecule has 0 aromatic rings. The molecule has 8 heteroatoms. The van der Waals surface area contributed by atoms with Gasteiger partial charge in [0.05, 0.1) is 5.50 Å². The highest BCUT2D eigenvalue weighted by Gasteiger charge is 2.17. The van der Waals surface area contributed by atoms with Gasteiger partial charge in [0.15, 0.2) is 7.85 Å². The first-order valence-electron chi connectivity index (χ1n) is 10.6. The third-order valence-corrected chi connectivity index (χ3v) is 4.53. The molecule has 0 fully saturated rings. The van der Waals surface area contributed by atoms with Crippen LogP contribution in [0, 0.1) is 0 Å². The Bertz CT molecular complexity index is 578. The van der Waals surface area contributed by atoms with E-state index in [0.717, 1.165) is 6.42 Å². The Labute approximate surface area is 176 Å². The quantitative estimate of drug-likeness (QED) is 0.256. The summed E-state index contributed by atoms with van der Waals surface area (Å²) in [5.74, 6) is -0.785. The fraction of sp³-hybridized carbons (Fsp3) is 0.550. The monoisotopic (exact) mass is 380 g/mol. The lowest BCUT2D eigenvalue weighted by Crippen LogP contribution is -2.23. The van der Waals surface area contributed by atoms with Gasteiger partial charge in [0.1, 0.15) is 31.4 Å². The summed E-state index contributed by atoms with van der Waals surface area (Å²) in [6.45, 7) is 2.22. The van der Waals surface area contributed by atoms with Crippen LogP contribution >= 0.6 is 0 Å². The smallest absolute Gasteiger partial charge is 0.303 e. The topological polar surface area (TPSA) is 57.5 Å². The molecule has 0 aromatic carbocycles. The fourth-order valence-corrected chi connectivity index (χ4v) is 2.57. The first-order chi connectivity index (χ1) is 12.9. The Morgan fingerprint density at radius 3 is 1.86 bits per heavy atom. The number of carboxylic acids is 1. The Morgan fingerprint density at radius 2 is 1.29 bits per heavy atom. The molecule has 0 rings (SSSR count). The molecule has 3 nitrogen and oxygen atoms in total. The van der Waals surface area contributed by atoms with Crippen molar-refractivity contribution in [3.05, 3.63) is 48.6 Å². The normalized spacial score (nSPS) is 15.8. The average Bonchev–Trinajstić information content (AvgIpc) is 2.58. The maximum Gasteiger partial charge on any atom is 0.303 e. The molecule has 150 valence electrons. The molecule has 0 radical (unpaired) electrons. The minimum atomic E-state index is -1.04. The van der Waals surface area contributed by atoms with Crippen LogP contribution in [0.5, 0.6) is 0 Å². The zero-order valence-corrected chi connectivity index (χ0v) is 18.9. The number of aliphatic hydroxyl groups is 1. The van der Waals surface area contributed by atoms with Crippen LogP contribution in [-0.2, 0) is 4.79 Å². The summed E-state index contributed by atoms with van der Waals surface area (Å²) >= 11 is 0. The van der Waals surface area contributed by atoms with E-state index in [1.54, 1.807) is 20.0 Å². The summed E-state index contributed by atoms with van der Waals surface area (Å²) < 4.78 is 0. The van der Waals surface area contributed by atoms with Crippen LogP contribution in [-0.4, -0.2) is 60.9 Å². The van der Waals surface area contributed by atoms with Crippen LogP contribution < -0.4 is 0 Å². The molecular weight excluding hydrogens is 342 g/mol. The second kappa shape index (κ2) is 13.0. The van der Waals surface area contributed by atoms with Gasteiger partial charge in [-0.1, -0.05) is 78.8 Å². The number of allylic oxidation sites excluding steroid dienone is 6. The van der Waals surface area contributed by atoms with Crippen molar-refractivity contribution < 1.29 is 15.0 Å². The van der Waals surface area contributed by atoms with Crippen LogP contribution in [0.1, 0.15) is 51.9 Å². The Kier molecular flexibility index (Phi) is 12.4. The van der Waals surface area contributed by atoms with Gasteiger partial charge in [-0.3, -0.25) is 4.79 Å². The van der Waals surface area contributed by atoms with Crippen molar-refractivity contribution in [2.45, 2.75) is 67.8 Å². The number of hydrogen-bond donors (Lipinski definition) is 2. The Balaban J connectivity index is 4.71. The van der Waals surface area contributed by atoms with Gasteiger partial charge in [-0.2, -0.15) is 0 Å². The van der Waals surface area contributed by atoms with Crippen LogP contribution in [0.2, 0.25) is 10.4 Å². The molecule has 0 saturated heterocycles. The minimum absolute atomic E-state index is 0.00386. The first kappa shape index (κ1) is 26.7. The molecule has 0 aliphatic carbocycles. The average molecular weight is 380 g/mol. The minimum Gasteiger partial charge on any atom is -0.481 e. The number of hydrogen-bond acceptors (Lipinski definition) is 2. The van der Waals surface area contributed by atoms with Crippen molar-refractivity contribution in [1.29, 1.82) is 0 Å². The number of rotatable bonds is 14. The van der Waals surface area contributed by atoms with E-state index in [-0.39, 0.29) is 16.8 Å². The Hall–Kier alpha value is -1.29. The van der Waals surface area contributed by atoms with Crippen LogP contribution in [0.15, 0.2) is 48.6 Å². The number of unbranched alkanes of at least 4 members (excludes halogenated alkanes) is 4. The molecule has 0 aliphatic heterocycles. The van der Waals surface area contributed by atoms with Gasteiger partial charge in [-0.15, -0.1) is 0 Å². The van der Waals surface area contributed by atoms with Crippen molar-refractivity contribution in [1.82, 2.24) is 0 Å². The highest BCUT2D eigenvalue weighted by molar-refractivity contribution is 6.44. The molecule has 0 amide bonds. The predicted molar refractivity (Wildman–Crippen MR) is 135 cm³/mol. The first-order valence-corrected chi connectivity index (χ1v) is 10.6. The van der Waals surface area contributed by atoms with Gasteiger partial charge in [0, 0.05) is 6.42 Å². The summed E-state index contributed by atoms with van der Waals surface area (Å²) in [6, 6.07) is 0. The highest BCUT2D eigenvalue weighted by Crippen LogP contribution is 2.28. The van der Waals surface area contributed by atoms with E-state index in [1.165, 1.54) is 19.3 Å². The highest BCUT2D eigenvalue weighted by atomic mass is 16.4. The molecule has 28 heavy (non-hydrogen) atoms. The van der Waals surface area contributed by atoms with Crippen molar-refractivity contribution in [2.24, 2.45) is 0 Å². The number of aliphatic carboxylic acids is 1. The fourth-order valence-electron chi connectivity index (χ4n) is 2.57. The van der Waals surface area contributed by atoms with Crippen molar-refractivity contribution >= 4 is 45.2 Å². The summed E-state index contributed by atoms with van der Waals surface area (Å²) in [6.07, 6.45) is 22.7. The molecule has 0 saturated carbocycles. The van der Waals surface area contributed by atoms with Crippen molar-refractivity contribution in [3.8, 4) is 0 Å². The standard InChI is InChI=1S/C20H37B5O3/c1-2-3-4-5-8-11-18(21,22)13-14-19(23,24)15-16-20(25,28)12-9-6-7-10-17(26)27/h8-9,11-16,28H,2-7,10,21-25H2,1H3,(H,26,27)/b11-8-,12-9-,14-13-,16-15-. The molecule has 1 atom stereocenters. The van der Waals surface area contributed by atoms with Crippen molar-refractivity contribution in [2.75, 3.05) is 0 Å². The summed E-state index contributed by atoms with van der Waals surface area (Å²) in [5.41, 5.74) is -1.04. The van der Waals surface area contributed by atoms with E-state index in [4.69, 9.17) is 5.11 Å². The van der Waals surface area contributed by atoms with E-state index in [2.05, 4.69) is 62.6 Å². The zero-order chi connectivity index (χ0) is 21.7. The van der Waals surface area contributed by atoms with Crippen molar-refractivity contribution in [3.63, 3.8) is 0 Å². The zero-order valence-electron chi connectivity index (χ0n) is 18.9. The molecule has 1 unspecified atom stereocenters. The van der Waals surface area contributed by atoms with Crippen LogP contribution in [0.25, 0.3) is 0 Å². The van der Waals surface area contributed by atoms with Gasteiger partial charge in [-0.05, 0) is 25.7 Å².